The van der Waals surface area contributed by atoms with Gasteiger partial charge in [-0.2, -0.15) is 4.31 Å². The van der Waals surface area contributed by atoms with E-state index in [2.05, 4.69) is 4.90 Å². The fourth-order valence-corrected chi connectivity index (χ4v) is 6.14. The Morgan fingerprint density at radius 1 is 1.07 bits per heavy atom. The van der Waals surface area contributed by atoms with Crippen molar-refractivity contribution in [1.82, 2.24) is 14.1 Å². The largest absolute Gasteiger partial charge is 0.335 e. The van der Waals surface area contributed by atoms with Crippen LogP contribution in [-0.2, 0) is 10.0 Å². The molecule has 0 unspecified atom stereocenters. The summed E-state index contributed by atoms with van der Waals surface area (Å²) in [5.74, 6) is -0.0112. The molecule has 2 aromatic rings. The van der Waals surface area contributed by atoms with Crippen LogP contribution in [-0.4, -0.2) is 73.7 Å². The van der Waals surface area contributed by atoms with Crippen molar-refractivity contribution in [3.05, 3.63) is 52.7 Å². The van der Waals surface area contributed by atoms with Crippen molar-refractivity contribution in [3.8, 4) is 0 Å². The third-order valence-corrected chi connectivity index (χ3v) is 8.30. The zero-order chi connectivity index (χ0) is 19.6. The highest BCUT2D eigenvalue weighted by atomic mass is 32.2. The van der Waals surface area contributed by atoms with Gasteiger partial charge in [-0.3, -0.25) is 4.79 Å². The lowest BCUT2D eigenvalue weighted by atomic mass is 10.1. The van der Waals surface area contributed by atoms with Crippen molar-refractivity contribution in [2.24, 2.45) is 0 Å². The van der Waals surface area contributed by atoms with E-state index in [1.807, 2.05) is 23.6 Å². The first-order valence-corrected chi connectivity index (χ1v) is 12.0. The molecule has 0 aliphatic carbocycles. The highest BCUT2D eigenvalue weighted by Gasteiger charge is 2.41. The molecule has 0 radical (unpaired) electrons. The van der Waals surface area contributed by atoms with Gasteiger partial charge in [-0.1, -0.05) is 24.3 Å². The molecule has 150 valence electrons. The molecule has 8 heteroatoms. The Morgan fingerprint density at radius 2 is 1.79 bits per heavy atom. The van der Waals surface area contributed by atoms with Crippen molar-refractivity contribution in [2.45, 2.75) is 23.8 Å². The summed E-state index contributed by atoms with van der Waals surface area (Å²) in [7, 11) is -3.58. The molecule has 0 N–H and O–H groups in total. The van der Waals surface area contributed by atoms with Gasteiger partial charge >= 0.3 is 0 Å². The van der Waals surface area contributed by atoms with Gasteiger partial charge in [0.05, 0.1) is 15.8 Å². The molecule has 4 rings (SSSR count). The van der Waals surface area contributed by atoms with E-state index in [1.165, 1.54) is 24.2 Å². The Labute approximate surface area is 170 Å². The second kappa shape index (κ2) is 8.32. The second-order valence-corrected chi connectivity index (χ2v) is 10.2. The molecule has 0 bridgehead atoms. The van der Waals surface area contributed by atoms with Crippen molar-refractivity contribution >= 4 is 27.3 Å². The maximum Gasteiger partial charge on any atom is 0.264 e. The number of benzene rings is 1. The Kier molecular flexibility index (Phi) is 5.82. The van der Waals surface area contributed by atoms with E-state index in [0.29, 0.717) is 29.4 Å². The van der Waals surface area contributed by atoms with Gasteiger partial charge in [0, 0.05) is 26.2 Å². The molecule has 6 nitrogen and oxygen atoms in total. The number of rotatable bonds is 7. The summed E-state index contributed by atoms with van der Waals surface area (Å²) in [6, 6.07) is 12.1. The summed E-state index contributed by atoms with van der Waals surface area (Å²) in [4.78, 5) is 17.6. The van der Waals surface area contributed by atoms with Crippen LogP contribution in [0.15, 0.2) is 52.7 Å². The molecule has 2 saturated heterocycles. The van der Waals surface area contributed by atoms with Crippen LogP contribution in [0.1, 0.15) is 22.5 Å². The lowest BCUT2D eigenvalue weighted by molar-refractivity contribution is 0.0447. The molecular weight excluding hydrogens is 394 g/mol. The SMILES string of the molecule is O=C(c1cccs1)N1CC(N(CCN2CCCC2)S(=O)(=O)c2ccccc2)C1. The maximum absolute atomic E-state index is 13.3. The second-order valence-electron chi connectivity index (χ2n) is 7.32. The van der Waals surface area contributed by atoms with E-state index in [0.717, 1.165) is 19.6 Å². The molecule has 2 aliphatic heterocycles. The minimum Gasteiger partial charge on any atom is -0.335 e. The van der Waals surface area contributed by atoms with Gasteiger partial charge in [0.25, 0.3) is 5.91 Å². The summed E-state index contributed by atoms with van der Waals surface area (Å²) in [5.41, 5.74) is 0. The first-order valence-electron chi connectivity index (χ1n) is 9.68. The van der Waals surface area contributed by atoms with E-state index >= 15 is 0 Å². The van der Waals surface area contributed by atoms with Crippen LogP contribution in [0.5, 0.6) is 0 Å². The number of nitrogens with zero attached hydrogens (tertiary/aromatic N) is 3. The average Bonchev–Trinajstić information content (AvgIpc) is 3.37. The lowest BCUT2D eigenvalue weighted by Gasteiger charge is -2.44. The summed E-state index contributed by atoms with van der Waals surface area (Å²) >= 11 is 1.42. The molecule has 1 aromatic carbocycles. The zero-order valence-electron chi connectivity index (χ0n) is 15.7. The molecule has 0 saturated carbocycles. The number of hydrogen-bond donors (Lipinski definition) is 0. The van der Waals surface area contributed by atoms with Gasteiger partial charge in [-0.05, 0) is 49.5 Å². The van der Waals surface area contributed by atoms with E-state index in [-0.39, 0.29) is 11.9 Å². The first kappa shape index (κ1) is 19.6. The minimum absolute atomic E-state index is 0.0112. The van der Waals surface area contributed by atoms with Crippen molar-refractivity contribution < 1.29 is 13.2 Å². The van der Waals surface area contributed by atoms with E-state index < -0.39 is 10.0 Å². The van der Waals surface area contributed by atoms with Crippen LogP contribution in [0, 0.1) is 0 Å². The first-order chi connectivity index (χ1) is 13.6. The van der Waals surface area contributed by atoms with E-state index in [1.54, 1.807) is 33.5 Å². The van der Waals surface area contributed by atoms with Crippen LogP contribution in [0.2, 0.25) is 0 Å². The van der Waals surface area contributed by atoms with Gasteiger partial charge in [0.1, 0.15) is 0 Å². The third kappa shape index (κ3) is 4.00. The molecule has 0 spiro atoms. The van der Waals surface area contributed by atoms with Crippen LogP contribution in [0.3, 0.4) is 0 Å². The van der Waals surface area contributed by atoms with Gasteiger partial charge in [0.15, 0.2) is 0 Å². The Morgan fingerprint density at radius 3 is 2.43 bits per heavy atom. The summed E-state index contributed by atoms with van der Waals surface area (Å²) in [6.45, 7) is 4.16. The summed E-state index contributed by atoms with van der Waals surface area (Å²) in [5, 5.41) is 1.88. The number of likely N-dealkylation sites (tertiary alicyclic amines) is 2. The van der Waals surface area contributed by atoms with Crippen molar-refractivity contribution in [3.63, 3.8) is 0 Å². The summed E-state index contributed by atoms with van der Waals surface area (Å²) in [6.07, 6.45) is 2.36. The summed E-state index contributed by atoms with van der Waals surface area (Å²) < 4.78 is 28.2. The monoisotopic (exact) mass is 419 g/mol. The van der Waals surface area contributed by atoms with Gasteiger partial charge in [-0.25, -0.2) is 8.42 Å². The molecule has 28 heavy (non-hydrogen) atoms. The Balaban J connectivity index is 1.48. The van der Waals surface area contributed by atoms with Crippen molar-refractivity contribution in [2.75, 3.05) is 39.3 Å². The van der Waals surface area contributed by atoms with Crippen LogP contribution >= 0.6 is 11.3 Å². The van der Waals surface area contributed by atoms with Crippen molar-refractivity contribution in [1.29, 1.82) is 0 Å². The fraction of sp³-hybridized carbons (Fsp3) is 0.450. The average molecular weight is 420 g/mol. The Bertz CT molecular complexity index is 888. The lowest BCUT2D eigenvalue weighted by Crippen LogP contribution is -2.62. The van der Waals surface area contributed by atoms with Crippen LogP contribution < -0.4 is 0 Å². The highest BCUT2D eigenvalue weighted by molar-refractivity contribution is 7.89. The minimum atomic E-state index is -3.58. The predicted molar refractivity (Wildman–Crippen MR) is 110 cm³/mol. The standard InChI is InChI=1S/C20H25N3O3S2/c24-20(19-9-6-14-27-19)22-15-17(16-22)23(13-12-21-10-4-5-11-21)28(25,26)18-7-2-1-3-8-18/h1-3,6-9,14,17H,4-5,10-13,15-16H2. The van der Waals surface area contributed by atoms with Gasteiger partial charge in [0.2, 0.25) is 10.0 Å². The third-order valence-electron chi connectivity index (χ3n) is 5.47. The number of amides is 1. The Hall–Kier alpha value is -1.74. The molecule has 1 aromatic heterocycles. The van der Waals surface area contributed by atoms with Gasteiger partial charge < -0.3 is 9.80 Å². The number of sulfonamides is 1. The smallest absolute Gasteiger partial charge is 0.264 e. The number of carbonyl (C=O) groups excluding carboxylic acids is 1. The van der Waals surface area contributed by atoms with E-state index in [9.17, 15) is 13.2 Å². The number of carbonyl (C=O) groups is 1. The topological polar surface area (TPSA) is 60.9 Å². The zero-order valence-corrected chi connectivity index (χ0v) is 17.4. The van der Waals surface area contributed by atoms with Gasteiger partial charge in [-0.15, -0.1) is 11.3 Å². The highest BCUT2D eigenvalue weighted by Crippen LogP contribution is 2.26. The van der Waals surface area contributed by atoms with E-state index in [4.69, 9.17) is 0 Å². The normalized spacial score (nSPS) is 18.5. The number of thiophene rings is 1. The molecular formula is C20H25N3O3S2. The molecule has 2 aliphatic rings. The maximum atomic E-state index is 13.3. The molecule has 1 amide bonds. The van der Waals surface area contributed by atoms with Crippen LogP contribution in [0.4, 0.5) is 0 Å². The predicted octanol–water partition coefficient (Wildman–Crippen LogP) is 2.36. The fourth-order valence-electron chi connectivity index (χ4n) is 3.83. The molecule has 3 heterocycles. The quantitative estimate of drug-likeness (QED) is 0.691. The van der Waals surface area contributed by atoms with Crippen LogP contribution in [0.25, 0.3) is 0 Å². The molecule has 0 atom stereocenters. The molecule has 2 fully saturated rings. The number of hydrogen-bond acceptors (Lipinski definition) is 5.